The van der Waals surface area contributed by atoms with E-state index >= 15 is 0 Å². The van der Waals surface area contributed by atoms with Crippen molar-refractivity contribution in [1.29, 1.82) is 0 Å². The number of nitrogens with zero attached hydrogens (tertiary/aromatic N) is 4. The van der Waals surface area contributed by atoms with Gasteiger partial charge in [-0.1, -0.05) is 6.07 Å². The molecule has 3 rings (SSSR count). The van der Waals surface area contributed by atoms with E-state index in [0.717, 1.165) is 4.31 Å². The summed E-state index contributed by atoms with van der Waals surface area (Å²) in [5.74, 6) is -0.382. The van der Waals surface area contributed by atoms with Gasteiger partial charge in [-0.05, 0) is 36.4 Å². The van der Waals surface area contributed by atoms with Crippen molar-refractivity contribution in [2.24, 2.45) is 7.05 Å². The van der Waals surface area contributed by atoms with Crippen LogP contribution in [-0.2, 0) is 34.8 Å². The molecule has 0 aliphatic carbocycles. The Morgan fingerprint density at radius 3 is 2.44 bits per heavy atom. The Hall–Kier alpha value is -2.99. The molecule has 2 N–H and O–H groups in total. The van der Waals surface area contributed by atoms with Crippen molar-refractivity contribution in [1.82, 2.24) is 24.3 Å². The predicted molar refractivity (Wildman–Crippen MR) is 118 cm³/mol. The van der Waals surface area contributed by atoms with Gasteiger partial charge in [0.25, 0.3) is 5.91 Å². The number of carbonyl (C=O) groups is 1. The molecule has 1 atom stereocenters. The first kappa shape index (κ1) is 25.3. The average molecular weight is 482 g/mol. The van der Waals surface area contributed by atoms with Crippen LogP contribution in [0.25, 0.3) is 0 Å². The summed E-state index contributed by atoms with van der Waals surface area (Å²) >= 11 is 0. The van der Waals surface area contributed by atoms with E-state index in [2.05, 4.69) is 9.97 Å². The number of hydroxylamine groups is 1. The van der Waals surface area contributed by atoms with Crippen LogP contribution in [0.15, 0.2) is 66.1 Å². The number of aryl methyl sites for hydroxylation is 1. The molecular weight excluding hydrogens is 458 g/mol. The molecule has 2 aromatic heterocycles. The highest BCUT2D eigenvalue weighted by atomic mass is 35.5. The summed E-state index contributed by atoms with van der Waals surface area (Å²) in [6.07, 6.45) is 4.71. The standard InChI is InChI=1S/C20H23N5O5S.ClH/c1-24-12-16(22-14-24)11-19(20(26)23-27)25(13-15-5-3-4-10-21-15)31(28,29)18-8-6-17(30-2)7-9-18;/h3-10,12,14,19,27H,11,13H2,1-2H3,(H,23,26);1H. The first-order chi connectivity index (χ1) is 14.8. The maximum atomic E-state index is 13.6. The number of sulfonamides is 1. The molecule has 0 saturated carbocycles. The third-order valence-corrected chi connectivity index (χ3v) is 6.50. The van der Waals surface area contributed by atoms with Crippen LogP contribution in [0.2, 0.25) is 0 Å². The summed E-state index contributed by atoms with van der Waals surface area (Å²) in [5, 5.41) is 9.33. The highest BCUT2D eigenvalue weighted by Crippen LogP contribution is 2.24. The van der Waals surface area contributed by atoms with E-state index in [1.807, 2.05) is 0 Å². The summed E-state index contributed by atoms with van der Waals surface area (Å²) in [4.78, 5) is 20.9. The zero-order chi connectivity index (χ0) is 22.4. The Kier molecular flexibility index (Phi) is 8.72. The molecule has 172 valence electrons. The van der Waals surface area contributed by atoms with Crippen molar-refractivity contribution in [3.63, 3.8) is 0 Å². The van der Waals surface area contributed by atoms with Crippen molar-refractivity contribution in [2.75, 3.05) is 7.11 Å². The fraction of sp³-hybridized carbons (Fsp3) is 0.250. The van der Waals surface area contributed by atoms with Crippen LogP contribution in [0.4, 0.5) is 0 Å². The molecule has 3 aromatic rings. The first-order valence-corrected chi connectivity index (χ1v) is 10.8. The van der Waals surface area contributed by atoms with Gasteiger partial charge in [0, 0.05) is 25.9 Å². The number of pyridine rings is 1. The second-order valence-corrected chi connectivity index (χ2v) is 8.66. The number of amides is 1. The van der Waals surface area contributed by atoms with E-state index in [9.17, 15) is 18.4 Å². The molecule has 1 aromatic carbocycles. The maximum Gasteiger partial charge on any atom is 0.262 e. The molecule has 0 aliphatic heterocycles. The predicted octanol–water partition coefficient (Wildman–Crippen LogP) is 1.55. The monoisotopic (exact) mass is 481 g/mol. The maximum absolute atomic E-state index is 13.6. The fourth-order valence-electron chi connectivity index (χ4n) is 3.07. The van der Waals surface area contributed by atoms with Crippen LogP contribution >= 0.6 is 12.4 Å². The molecule has 0 aliphatic rings. The number of hydrogen-bond donors (Lipinski definition) is 2. The van der Waals surface area contributed by atoms with Crippen LogP contribution in [0.3, 0.4) is 0 Å². The van der Waals surface area contributed by atoms with Gasteiger partial charge in [0.2, 0.25) is 10.0 Å². The molecule has 1 amide bonds. The first-order valence-electron chi connectivity index (χ1n) is 9.31. The number of hydrogen-bond acceptors (Lipinski definition) is 7. The van der Waals surface area contributed by atoms with Crippen LogP contribution in [0.1, 0.15) is 11.4 Å². The smallest absolute Gasteiger partial charge is 0.262 e. The second kappa shape index (κ2) is 11.0. The topological polar surface area (TPSA) is 127 Å². The summed E-state index contributed by atoms with van der Waals surface area (Å²) in [7, 11) is -0.922. The highest BCUT2D eigenvalue weighted by Gasteiger charge is 2.37. The van der Waals surface area contributed by atoms with Gasteiger partial charge in [0.1, 0.15) is 11.8 Å². The molecule has 2 heterocycles. The Bertz CT molecular complexity index is 1120. The van der Waals surface area contributed by atoms with Gasteiger partial charge in [0.05, 0.1) is 36.3 Å². The van der Waals surface area contributed by atoms with E-state index in [1.54, 1.807) is 47.8 Å². The highest BCUT2D eigenvalue weighted by molar-refractivity contribution is 7.89. The number of nitrogens with one attached hydrogen (secondary N) is 1. The molecule has 0 radical (unpaired) electrons. The Morgan fingerprint density at radius 2 is 1.91 bits per heavy atom. The van der Waals surface area contributed by atoms with Crippen LogP contribution < -0.4 is 10.2 Å². The summed E-state index contributed by atoms with van der Waals surface area (Å²) < 4.78 is 34.9. The number of benzene rings is 1. The minimum Gasteiger partial charge on any atom is -0.497 e. The molecule has 12 heteroatoms. The normalized spacial score (nSPS) is 12.1. The molecular formula is C20H24ClN5O5S. The third-order valence-electron chi connectivity index (χ3n) is 4.63. The molecule has 1 unspecified atom stereocenters. The number of rotatable bonds is 9. The van der Waals surface area contributed by atoms with Gasteiger partial charge < -0.3 is 9.30 Å². The molecule has 32 heavy (non-hydrogen) atoms. The van der Waals surface area contributed by atoms with E-state index in [-0.39, 0.29) is 30.3 Å². The number of methoxy groups -OCH3 is 1. The third kappa shape index (κ3) is 5.82. The zero-order valence-electron chi connectivity index (χ0n) is 17.5. The lowest BCUT2D eigenvalue weighted by Gasteiger charge is -2.29. The lowest BCUT2D eigenvalue weighted by molar-refractivity contribution is -0.133. The van der Waals surface area contributed by atoms with Crippen LogP contribution in [-0.4, -0.2) is 51.5 Å². The van der Waals surface area contributed by atoms with Crippen molar-refractivity contribution in [2.45, 2.75) is 23.9 Å². The lowest BCUT2D eigenvalue weighted by Crippen LogP contribution is -2.49. The molecule has 0 spiro atoms. The fourth-order valence-corrected chi connectivity index (χ4v) is 4.63. The van der Waals surface area contributed by atoms with Gasteiger partial charge in [0.15, 0.2) is 0 Å². The second-order valence-electron chi connectivity index (χ2n) is 6.77. The molecule has 0 fully saturated rings. The largest absolute Gasteiger partial charge is 0.497 e. The van der Waals surface area contributed by atoms with Crippen molar-refractivity contribution in [3.05, 3.63) is 72.6 Å². The Labute approximate surface area is 192 Å². The van der Waals surface area contributed by atoms with Gasteiger partial charge in [-0.2, -0.15) is 4.31 Å². The van der Waals surface area contributed by atoms with Crippen LogP contribution in [0, 0.1) is 0 Å². The minimum atomic E-state index is -4.16. The summed E-state index contributed by atoms with van der Waals surface area (Å²) in [6, 6.07) is 9.65. The van der Waals surface area contributed by atoms with Gasteiger partial charge in [-0.15, -0.1) is 12.4 Å². The lowest BCUT2D eigenvalue weighted by atomic mass is 10.1. The van der Waals surface area contributed by atoms with Crippen molar-refractivity contribution >= 4 is 28.3 Å². The van der Waals surface area contributed by atoms with Gasteiger partial charge in [-0.3, -0.25) is 15.0 Å². The quantitative estimate of drug-likeness (QED) is 0.350. The van der Waals surface area contributed by atoms with Gasteiger partial charge in [-0.25, -0.2) is 18.9 Å². The minimum absolute atomic E-state index is 0. The molecule has 0 saturated heterocycles. The van der Waals surface area contributed by atoms with E-state index in [4.69, 9.17) is 4.74 Å². The molecule has 0 bridgehead atoms. The van der Waals surface area contributed by atoms with Crippen molar-refractivity contribution < 1.29 is 23.2 Å². The SMILES string of the molecule is COc1ccc(S(=O)(=O)N(Cc2ccccn2)C(Cc2cn(C)cn2)C(=O)NO)cc1.Cl. The number of halogens is 1. The number of ether oxygens (including phenoxy) is 1. The average Bonchev–Trinajstić information content (AvgIpc) is 3.21. The van der Waals surface area contributed by atoms with Crippen molar-refractivity contribution in [3.8, 4) is 5.75 Å². The van der Waals surface area contributed by atoms with E-state index in [1.165, 1.54) is 37.6 Å². The van der Waals surface area contributed by atoms with E-state index < -0.39 is 22.0 Å². The zero-order valence-corrected chi connectivity index (χ0v) is 19.1. The summed E-state index contributed by atoms with van der Waals surface area (Å²) in [6.45, 7) is -0.180. The summed E-state index contributed by atoms with van der Waals surface area (Å²) in [5.41, 5.74) is 2.51. The Morgan fingerprint density at radius 1 is 1.19 bits per heavy atom. The number of aromatic nitrogens is 3. The molecule has 10 nitrogen and oxygen atoms in total. The number of carbonyl (C=O) groups excluding carboxylic acids is 1. The van der Waals surface area contributed by atoms with Gasteiger partial charge >= 0.3 is 0 Å². The van der Waals surface area contributed by atoms with E-state index in [0.29, 0.717) is 17.1 Å². The number of imidazole rings is 1. The Balaban J connectivity index is 0.00000363. The van der Waals surface area contributed by atoms with Crippen LogP contribution in [0.5, 0.6) is 5.75 Å².